The van der Waals surface area contributed by atoms with Crippen LogP contribution in [0.4, 0.5) is 0 Å². The summed E-state index contributed by atoms with van der Waals surface area (Å²) < 4.78 is 10.6. The van der Waals surface area contributed by atoms with Gasteiger partial charge in [0.25, 0.3) is 0 Å². The molecule has 0 aliphatic carbocycles. The third kappa shape index (κ3) is 36.0. The molecule has 0 spiro atoms. The van der Waals surface area contributed by atoms with Gasteiger partial charge in [-0.1, -0.05) is 201 Å². The summed E-state index contributed by atoms with van der Waals surface area (Å²) in [6.45, 7) is 8.88. The fourth-order valence-electron chi connectivity index (χ4n) is 6.30. The predicted molar refractivity (Wildman–Crippen MR) is 201 cm³/mol. The second-order valence-electron chi connectivity index (χ2n) is 15.2. The Bertz CT molecular complexity index is 663. The largest absolute Gasteiger partial charge is 0.462 e. The van der Waals surface area contributed by atoms with Gasteiger partial charge in [-0.3, -0.25) is 9.59 Å². The molecule has 0 aromatic heterocycles. The van der Waals surface area contributed by atoms with Gasteiger partial charge in [0.05, 0.1) is 6.61 Å². The molecule has 1 unspecified atom stereocenters. The van der Waals surface area contributed by atoms with Crippen molar-refractivity contribution in [2.24, 2.45) is 11.8 Å². The first-order valence-corrected chi connectivity index (χ1v) is 20.8. The molecule has 0 aromatic carbocycles. The molecule has 280 valence electrons. The third-order valence-electron chi connectivity index (χ3n) is 9.87. The first-order valence-electron chi connectivity index (χ1n) is 20.8. The van der Waals surface area contributed by atoms with Crippen molar-refractivity contribution in [1.82, 2.24) is 0 Å². The second kappa shape index (κ2) is 36.2. The lowest BCUT2D eigenvalue weighted by Crippen LogP contribution is -2.28. The van der Waals surface area contributed by atoms with Crippen LogP contribution >= 0.6 is 0 Å². The fraction of sp³-hybridized carbons (Fsp3) is 0.952. The van der Waals surface area contributed by atoms with Gasteiger partial charge in [0.1, 0.15) is 6.61 Å². The number of carbonyl (C=O) groups excluding carboxylic acids is 2. The van der Waals surface area contributed by atoms with E-state index >= 15 is 0 Å². The SMILES string of the molecule is CCC(C)CCCCCCCCCCC(=O)OC[C@H](CO)OC(=O)CCCCCCCCCCCCCCCCCCCCC(C)C. The van der Waals surface area contributed by atoms with Crippen LogP contribution in [0.2, 0.25) is 0 Å². The Morgan fingerprint density at radius 1 is 0.489 bits per heavy atom. The Hall–Kier alpha value is -1.10. The number of ether oxygens (including phenoxy) is 2. The molecule has 47 heavy (non-hydrogen) atoms. The Morgan fingerprint density at radius 2 is 0.830 bits per heavy atom. The van der Waals surface area contributed by atoms with Crippen LogP contribution in [0.3, 0.4) is 0 Å². The van der Waals surface area contributed by atoms with E-state index in [1.807, 2.05) is 0 Å². The van der Waals surface area contributed by atoms with Gasteiger partial charge in [0.2, 0.25) is 0 Å². The van der Waals surface area contributed by atoms with Gasteiger partial charge in [-0.2, -0.15) is 0 Å². The number of rotatable bonds is 37. The molecule has 5 heteroatoms. The van der Waals surface area contributed by atoms with E-state index in [-0.39, 0.29) is 25.2 Å². The molecule has 0 aliphatic rings. The average Bonchev–Trinajstić information content (AvgIpc) is 3.06. The number of aliphatic hydroxyl groups is 1. The average molecular weight is 667 g/mol. The number of aliphatic hydroxyl groups excluding tert-OH is 1. The zero-order valence-electron chi connectivity index (χ0n) is 32.1. The summed E-state index contributed by atoms with van der Waals surface area (Å²) >= 11 is 0. The standard InChI is InChI=1S/C42H82O5/c1-5-39(4)33-29-25-21-18-19-22-26-30-34-41(44)46-37-40(36-43)47-42(45)35-31-27-23-17-15-13-11-9-7-6-8-10-12-14-16-20-24-28-32-38(2)3/h38-40,43H,5-37H2,1-4H3/t39?,40-/m0/s1. The van der Waals surface area contributed by atoms with Gasteiger partial charge >= 0.3 is 11.9 Å². The summed E-state index contributed by atoms with van der Waals surface area (Å²) in [6, 6.07) is 0. The number of unbranched alkanes of at least 4 members (excludes halogenated alkanes) is 24. The highest BCUT2D eigenvalue weighted by Crippen LogP contribution is 2.17. The van der Waals surface area contributed by atoms with Crippen LogP contribution in [0.1, 0.15) is 227 Å². The summed E-state index contributed by atoms with van der Waals surface area (Å²) in [4.78, 5) is 24.2. The molecular formula is C42H82O5. The van der Waals surface area contributed by atoms with E-state index < -0.39 is 6.10 Å². The molecule has 0 saturated carbocycles. The van der Waals surface area contributed by atoms with Gasteiger partial charge < -0.3 is 14.6 Å². The molecular weight excluding hydrogens is 584 g/mol. The van der Waals surface area contributed by atoms with Crippen LogP contribution in [0.25, 0.3) is 0 Å². The van der Waals surface area contributed by atoms with Crippen molar-refractivity contribution in [1.29, 1.82) is 0 Å². The maximum atomic E-state index is 12.2. The topological polar surface area (TPSA) is 72.8 Å². The molecule has 0 amide bonds. The number of carbonyl (C=O) groups is 2. The van der Waals surface area contributed by atoms with E-state index in [0.717, 1.165) is 50.4 Å². The minimum atomic E-state index is -0.763. The minimum absolute atomic E-state index is 0.0590. The van der Waals surface area contributed by atoms with E-state index in [2.05, 4.69) is 27.7 Å². The lowest BCUT2D eigenvalue weighted by molar-refractivity contribution is -0.161. The maximum absolute atomic E-state index is 12.2. The van der Waals surface area contributed by atoms with Crippen molar-refractivity contribution < 1.29 is 24.2 Å². The molecule has 5 nitrogen and oxygen atoms in total. The lowest BCUT2D eigenvalue weighted by Gasteiger charge is -2.15. The Balaban J connectivity index is 3.47. The molecule has 0 fully saturated rings. The van der Waals surface area contributed by atoms with Gasteiger partial charge in [-0.25, -0.2) is 0 Å². The van der Waals surface area contributed by atoms with Crippen molar-refractivity contribution in [3.63, 3.8) is 0 Å². The van der Waals surface area contributed by atoms with Crippen molar-refractivity contribution in [2.75, 3.05) is 13.2 Å². The summed E-state index contributed by atoms with van der Waals surface area (Å²) in [7, 11) is 0. The molecule has 0 saturated heterocycles. The smallest absolute Gasteiger partial charge is 0.306 e. The van der Waals surface area contributed by atoms with Crippen molar-refractivity contribution in [3.05, 3.63) is 0 Å². The first-order chi connectivity index (χ1) is 22.9. The van der Waals surface area contributed by atoms with E-state index in [1.54, 1.807) is 0 Å². The van der Waals surface area contributed by atoms with Gasteiger partial charge in [-0.15, -0.1) is 0 Å². The van der Waals surface area contributed by atoms with Gasteiger partial charge in [-0.05, 0) is 24.7 Å². The Morgan fingerprint density at radius 3 is 1.19 bits per heavy atom. The van der Waals surface area contributed by atoms with Crippen LogP contribution in [0.5, 0.6) is 0 Å². The van der Waals surface area contributed by atoms with Crippen LogP contribution in [0.15, 0.2) is 0 Å². The normalized spacial score (nSPS) is 12.8. The van der Waals surface area contributed by atoms with Crippen molar-refractivity contribution in [2.45, 2.75) is 233 Å². The Labute approximate surface area is 293 Å². The zero-order chi connectivity index (χ0) is 34.6. The molecule has 0 radical (unpaired) electrons. The van der Waals surface area contributed by atoms with E-state index in [9.17, 15) is 14.7 Å². The monoisotopic (exact) mass is 667 g/mol. The summed E-state index contributed by atoms with van der Waals surface area (Å²) in [5.41, 5.74) is 0. The summed E-state index contributed by atoms with van der Waals surface area (Å²) in [5.74, 6) is 1.14. The van der Waals surface area contributed by atoms with E-state index in [1.165, 1.54) is 148 Å². The molecule has 2 atom stereocenters. The quantitative estimate of drug-likeness (QED) is 0.0527. The second-order valence-corrected chi connectivity index (χ2v) is 15.2. The molecule has 0 bridgehead atoms. The van der Waals surface area contributed by atoms with Crippen molar-refractivity contribution >= 4 is 11.9 Å². The highest BCUT2D eigenvalue weighted by Gasteiger charge is 2.16. The van der Waals surface area contributed by atoms with Gasteiger partial charge in [0.15, 0.2) is 6.10 Å². The van der Waals surface area contributed by atoms with Gasteiger partial charge in [0, 0.05) is 12.8 Å². The van der Waals surface area contributed by atoms with Crippen LogP contribution in [0, 0.1) is 11.8 Å². The van der Waals surface area contributed by atoms with E-state index in [0.29, 0.717) is 12.8 Å². The third-order valence-corrected chi connectivity index (χ3v) is 9.87. The minimum Gasteiger partial charge on any atom is -0.462 e. The first kappa shape index (κ1) is 45.9. The van der Waals surface area contributed by atoms with Crippen LogP contribution < -0.4 is 0 Å². The molecule has 0 aliphatic heterocycles. The Kier molecular flexibility index (Phi) is 35.3. The van der Waals surface area contributed by atoms with Crippen LogP contribution in [-0.4, -0.2) is 36.4 Å². The molecule has 1 N–H and O–H groups in total. The maximum Gasteiger partial charge on any atom is 0.306 e. The number of hydrogen-bond donors (Lipinski definition) is 1. The number of hydrogen-bond acceptors (Lipinski definition) is 5. The van der Waals surface area contributed by atoms with Crippen LogP contribution in [-0.2, 0) is 19.1 Å². The fourth-order valence-corrected chi connectivity index (χ4v) is 6.30. The van der Waals surface area contributed by atoms with E-state index in [4.69, 9.17) is 9.47 Å². The van der Waals surface area contributed by atoms with Crippen molar-refractivity contribution in [3.8, 4) is 0 Å². The number of esters is 2. The molecule has 0 heterocycles. The summed E-state index contributed by atoms with van der Waals surface area (Å²) in [6.07, 6.45) is 37.4. The molecule has 0 aromatic rings. The molecule has 0 rings (SSSR count). The highest BCUT2D eigenvalue weighted by atomic mass is 16.6. The lowest BCUT2D eigenvalue weighted by atomic mass is 9.99. The zero-order valence-corrected chi connectivity index (χ0v) is 32.1. The summed E-state index contributed by atoms with van der Waals surface area (Å²) in [5, 5.41) is 9.56. The highest BCUT2D eigenvalue weighted by molar-refractivity contribution is 5.70. The predicted octanol–water partition coefficient (Wildman–Crippen LogP) is 12.8.